The normalized spacial score (nSPS) is 34.6. The van der Waals surface area contributed by atoms with Gasteiger partial charge in [-0.15, -0.1) is 11.3 Å². The minimum atomic E-state index is -0.611. The van der Waals surface area contributed by atoms with Gasteiger partial charge >= 0.3 is 5.97 Å². The van der Waals surface area contributed by atoms with Crippen LogP contribution in [0, 0.1) is 24.7 Å². The van der Waals surface area contributed by atoms with Gasteiger partial charge in [0.2, 0.25) is 0 Å². The van der Waals surface area contributed by atoms with Gasteiger partial charge in [0.25, 0.3) is 0 Å². The lowest BCUT2D eigenvalue weighted by Gasteiger charge is -2.31. The third kappa shape index (κ3) is 2.21. The van der Waals surface area contributed by atoms with Gasteiger partial charge in [-0.25, -0.2) is 0 Å². The van der Waals surface area contributed by atoms with Gasteiger partial charge in [-0.05, 0) is 62.0 Å². The van der Waals surface area contributed by atoms with Crippen LogP contribution in [0.2, 0.25) is 0 Å². The summed E-state index contributed by atoms with van der Waals surface area (Å²) < 4.78 is 0. The molecule has 0 spiro atoms. The van der Waals surface area contributed by atoms with Gasteiger partial charge in [-0.2, -0.15) is 0 Å². The maximum atomic E-state index is 11.5. The van der Waals surface area contributed by atoms with Crippen LogP contribution in [0.25, 0.3) is 0 Å². The molecule has 104 valence electrons. The van der Waals surface area contributed by atoms with E-state index in [-0.39, 0.29) is 18.0 Å². The smallest absolute Gasteiger partial charge is 0.308 e. The first-order valence-corrected chi connectivity index (χ1v) is 7.98. The number of rotatable bonds is 4. The van der Waals surface area contributed by atoms with Gasteiger partial charge in [0.1, 0.15) is 0 Å². The van der Waals surface area contributed by atoms with E-state index < -0.39 is 5.97 Å². The molecule has 2 fully saturated rings. The minimum absolute atomic E-state index is 0.160. The molecule has 0 radical (unpaired) electrons. The quantitative estimate of drug-likeness (QED) is 0.890. The number of carboxylic acid groups (broad SMARTS) is 1. The molecular weight excluding hydrogens is 258 g/mol. The number of aryl methyl sites for hydroxylation is 1. The molecule has 0 aromatic carbocycles. The molecule has 3 rings (SSSR count). The highest BCUT2D eigenvalue weighted by Gasteiger charge is 2.51. The fourth-order valence-corrected chi connectivity index (χ4v) is 5.02. The summed E-state index contributed by atoms with van der Waals surface area (Å²) in [5.74, 6) is 0.173. The molecular formula is C15H21NO2S. The zero-order valence-electron chi connectivity index (χ0n) is 11.4. The molecule has 19 heavy (non-hydrogen) atoms. The number of hydrogen-bond acceptors (Lipinski definition) is 3. The zero-order valence-corrected chi connectivity index (χ0v) is 12.2. The van der Waals surface area contributed by atoms with Crippen molar-refractivity contribution in [3.05, 3.63) is 21.9 Å². The third-order valence-electron chi connectivity index (χ3n) is 4.94. The molecule has 3 nitrogen and oxygen atoms in total. The van der Waals surface area contributed by atoms with Crippen LogP contribution < -0.4 is 5.32 Å². The second kappa shape index (κ2) is 4.91. The van der Waals surface area contributed by atoms with E-state index >= 15 is 0 Å². The Morgan fingerprint density at radius 1 is 1.47 bits per heavy atom. The molecule has 2 bridgehead atoms. The van der Waals surface area contributed by atoms with Crippen LogP contribution >= 0.6 is 11.3 Å². The minimum Gasteiger partial charge on any atom is -0.481 e. The predicted molar refractivity (Wildman–Crippen MR) is 76.4 cm³/mol. The highest BCUT2D eigenvalue weighted by Crippen LogP contribution is 2.49. The van der Waals surface area contributed by atoms with Crippen LogP contribution in [0.5, 0.6) is 0 Å². The topological polar surface area (TPSA) is 49.3 Å². The zero-order chi connectivity index (χ0) is 13.6. The van der Waals surface area contributed by atoms with Crippen molar-refractivity contribution in [2.75, 3.05) is 0 Å². The Labute approximate surface area is 118 Å². The number of fused-ring (bicyclic) bond motifs is 2. The lowest BCUT2D eigenvalue weighted by molar-refractivity contribution is -0.144. The lowest BCUT2D eigenvalue weighted by Crippen LogP contribution is -2.45. The molecule has 2 aliphatic carbocycles. The Bertz CT molecular complexity index is 484. The SMILES string of the molecule is Cc1ccsc1C(C)NC1C2CCC(C2)C1C(=O)O. The first kappa shape index (κ1) is 13.1. The van der Waals surface area contributed by atoms with Gasteiger partial charge in [0.05, 0.1) is 5.92 Å². The molecule has 2 aliphatic rings. The first-order valence-electron chi connectivity index (χ1n) is 7.10. The van der Waals surface area contributed by atoms with E-state index in [1.165, 1.54) is 16.9 Å². The maximum absolute atomic E-state index is 11.5. The first-order chi connectivity index (χ1) is 9.08. The summed E-state index contributed by atoms with van der Waals surface area (Å²) in [6, 6.07) is 2.55. The molecule has 2 N–H and O–H groups in total. The monoisotopic (exact) mass is 279 g/mol. The van der Waals surface area contributed by atoms with Crippen LogP contribution in [0.1, 0.15) is 42.7 Å². The molecule has 1 heterocycles. The van der Waals surface area contributed by atoms with Crippen molar-refractivity contribution in [2.24, 2.45) is 17.8 Å². The van der Waals surface area contributed by atoms with Crippen molar-refractivity contribution in [3.8, 4) is 0 Å². The van der Waals surface area contributed by atoms with Crippen molar-refractivity contribution in [1.29, 1.82) is 0 Å². The number of aliphatic carboxylic acids is 1. The van der Waals surface area contributed by atoms with Crippen molar-refractivity contribution < 1.29 is 9.90 Å². The van der Waals surface area contributed by atoms with Gasteiger partial charge < -0.3 is 10.4 Å². The maximum Gasteiger partial charge on any atom is 0.308 e. The molecule has 4 heteroatoms. The number of thiophene rings is 1. The third-order valence-corrected chi connectivity index (χ3v) is 6.14. The summed E-state index contributed by atoms with van der Waals surface area (Å²) in [6.45, 7) is 4.28. The number of carbonyl (C=O) groups is 1. The Balaban J connectivity index is 1.75. The fraction of sp³-hybridized carbons (Fsp3) is 0.667. The standard InChI is InChI=1S/C15H21NO2S/c1-8-5-6-19-14(8)9(2)16-13-11-4-3-10(7-11)12(13)15(17)18/h5-6,9-13,16H,3-4,7H2,1-2H3,(H,17,18). The highest BCUT2D eigenvalue weighted by atomic mass is 32.1. The second-order valence-corrected chi connectivity index (χ2v) is 7.03. The van der Waals surface area contributed by atoms with Crippen LogP contribution in [-0.2, 0) is 4.79 Å². The summed E-state index contributed by atoms with van der Waals surface area (Å²) >= 11 is 1.76. The molecule has 1 aromatic rings. The number of carboxylic acids is 1. The van der Waals surface area contributed by atoms with Gasteiger partial charge in [-0.3, -0.25) is 4.79 Å². The average Bonchev–Trinajstić information content (AvgIpc) is 3.03. The van der Waals surface area contributed by atoms with Crippen LogP contribution in [-0.4, -0.2) is 17.1 Å². The average molecular weight is 279 g/mol. The molecule has 5 unspecified atom stereocenters. The van der Waals surface area contributed by atoms with E-state index in [0.29, 0.717) is 11.8 Å². The molecule has 5 atom stereocenters. The van der Waals surface area contributed by atoms with E-state index in [1.54, 1.807) is 11.3 Å². The van der Waals surface area contributed by atoms with E-state index in [1.807, 2.05) is 0 Å². The second-order valence-electron chi connectivity index (χ2n) is 6.08. The summed E-state index contributed by atoms with van der Waals surface area (Å²) in [5, 5.41) is 15.2. The Morgan fingerprint density at radius 3 is 2.84 bits per heavy atom. The van der Waals surface area contributed by atoms with Crippen molar-refractivity contribution in [3.63, 3.8) is 0 Å². The fourth-order valence-electron chi connectivity index (χ4n) is 4.08. The Kier molecular flexibility index (Phi) is 3.39. The Hall–Kier alpha value is -0.870. The lowest BCUT2D eigenvalue weighted by atomic mass is 9.84. The van der Waals surface area contributed by atoms with Gasteiger partial charge in [0, 0.05) is 17.0 Å². The van der Waals surface area contributed by atoms with Gasteiger partial charge in [0.15, 0.2) is 0 Å². The van der Waals surface area contributed by atoms with E-state index in [2.05, 4.69) is 30.6 Å². The largest absolute Gasteiger partial charge is 0.481 e. The molecule has 0 saturated heterocycles. The predicted octanol–water partition coefficient (Wildman–Crippen LogP) is 3.21. The number of nitrogens with one attached hydrogen (secondary N) is 1. The molecule has 0 amide bonds. The molecule has 2 saturated carbocycles. The van der Waals surface area contributed by atoms with Crippen LogP contribution in [0.15, 0.2) is 11.4 Å². The van der Waals surface area contributed by atoms with Crippen LogP contribution in [0.3, 0.4) is 0 Å². The number of hydrogen-bond donors (Lipinski definition) is 2. The summed E-state index contributed by atoms with van der Waals surface area (Å²) in [7, 11) is 0. The van der Waals surface area contributed by atoms with E-state index in [0.717, 1.165) is 12.8 Å². The summed E-state index contributed by atoms with van der Waals surface area (Å²) in [6.07, 6.45) is 3.40. The summed E-state index contributed by atoms with van der Waals surface area (Å²) in [5.41, 5.74) is 1.31. The van der Waals surface area contributed by atoms with E-state index in [9.17, 15) is 9.90 Å². The van der Waals surface area contributed by atoms with E-state index in [4.69, 9.17) is 0 Å². The van der Waals surface area contributed by atoms with Crippen LogP contribution in [0.4, 0.5) is 0 Å². The van der Waals surface area contributed by atoms with Crippen molar-refractivity contribution >= 4 is 17.3 Å². The molecule has 0 aliphatic heterocycles. The van der Waals surface area contributed by atoms with Gasteiger partial charge in [-0.1, -0.05) is 0 Å². The van der Waals surface area contributed by atoms with Crippen molar-refractivity contribution in [1.82, 2.24) is 5.32 Å². The molecule has 1 aromatic heterocycles. The van der Waals surface area contributed by atoms with Crippen molar-refractivity contribution in [2.45, 2.75) is 45.2 Å². The highest BCUT2D eigenvalue weighted by molar-refractivity contribution is 7.10. The Morgan fingerprint density at radius 2 is 2.21 bits per heavy atom. The summed E-state index contributed by atoms with van der Waals surface area (Å²) in [4.78, 5) is 12.8.